The standard InChI is InChI=1S/C17H15FN4O4/c1-10-4-5-11(2)21(10)16-13(9-19-20(16)3)17(23)26-15-8-12(18)6-7-14(15)22(24)25/h4-9H,1-3H3. The Balaban J connectivity index is 2.04. The lowest BCUT2D eigenvalue weighted by atomic mass is 10.2. The van der Waals surface area contributed by atoms with E-state index in [4.69, 9.17) is 4.74 Å². The molecule has 0 radical (unpaired) electrons. The molecule has 0 N–H and O–H groups in total. The van der Waals surface area contributed by atoms with Crippen molar-refractivity contribution in [1.29, 1.82) is 0 Å². The minimum atomic E-state index is -0.866. The van der Waals surface area contributed by atoms with E-state index in [0.717, 1.165) is 29.6 Å². The van der Waals surface area contributed by atoms with Gasteiger partial charge in [0.1, 0.15) is 17.2 Å². The van der Waals surface area contributed by atoms with Crippen LogP contribution in [0.2, 0.25) is 0 Å². The van der Waals surface area contributed by atoms with Gasteiger partial charge in [-0.1, -0.05) is 0 Å². The third-order valence-corrected chi connectivity index (χ3v) is 3.93. The Labute approximate surface area is 147 Å². The van der Waals surface area contributed by atoms with Crippen LogP contribution in [0.1, 0.15) is 21.7 Å². The van der Waals surface area contributed by atoms with Crippen molar-refractivity contribution in [3.8, 4) is 11.6 Å². The fraction of sp³-hybridized carbons (Fsp3) is 0.176. The highest BCUT2D eigenvalue weighted by molar-refractivity contribution is 5.94. The lowest BCUT2D eigenvalue weighted by Crippen LogP contribution is -2.15. The second-order valence-electron chi connectivity index (χ2n) is 5.72. The number of halogens is 1. The number of esters is 1. The van der Waals surface area contributed by atoms with Crippen molar-refractivity contribution < 1.29 is 18.8 Å². The van der Waals surface area contributed by atoms with Gasteiger partial charge in [0.2, 0.25) is 5.75 Å². The number of nitro groups is 1. The van der Waals surface area contributed by atoms with Crippen molar-refractivity contribution in [2.45, 2.75) is 13.8 Å². The first-order valence-electron chi connectivity index (χ1n) is 7.63. The number of aryl methyl sites for hydroxylation is 3. The molecular weight excluding hydrogens is 343 g/mol. The fourth-order valence-corrected chi connectivity index (χ4v) is 2.72. The molecule has 3 aromatic rings. The molecule has 0 saturated carbocycles. The maximum atomic E-state index is 13.4. The van der Waals surface area contributed by atoms with Crippen molar-refractivity contribution in [2.24, 2.45) is 7.05 Å². The molecule has 0 unspecified atom stereocenters. The van der Waals surface area contributed by atoms with E-state index in [1.165, 1.54) is 10.9 Å². The number of benzene rings is 1. The molecule has 9 heteroatoms. The second kappa shape index (κ2) is 6.43. The van der Waals surface area contributed by atoms with Crippen LogP contribution in [0.4, 0.5) is 10.1 Å². The summed E-state index contributed by atoms with van der Waals surface area (Å²) in [5.74, 6) is -1.62. The first-order valence-corrected chi connectivity index (χ1v) is 7.63. The van der Waals surface area contributed by atoms with Gasteiger partial charge in [-0.25, -0.2) is 9.18 Å². The summed E-state index contributed by atoms with van der Waals surface area (Å²) in [6.45, 7) is 3.74. The van der Waals surface area contributed by atoms with Gasteiger partial charge in [-0.2, -0.15) is 5.10 Å². The van der Waals surface area contributed by atoms with E-state index < -0.39 is 28.1 Å². The van der Waals surface area contributed by atoms with E-state index in [1.807, 2.05) is 30.5 Å². The summed E-state index contributed by atoms with van der Waals surface area (Å²) in [7, 11) is 1.66. The van der Waals surface area contributed by atoms with Crippen molar-refractivity contribution in [2.75, 3.05) is 0 Å². The van der Waals surface area contributed by atoms with Gasteiger partial charge in [-0.3, -0.25) is 14.8 Å². The molecule has 0 aliphatic heterocycles. The summed E-state index contributed by atoms with van der Waals surface area (Å²) >= 11 is 0. The molecule has 26 heavy (non-hydrogen) atoms. The number of nitro benzene ring substituents is 1. The zero-order valence-electron chi connectivity index (χ0n) is 14.3. The lowest BCUT2D eigenvalue weighted by molar-refractivity contribution is -0.385. The van der Waals surface area contributed by atoms with Gasteiger partial charge in [0.25, 0.3) is 0 Å². The molecule has 3 rings (SSSR count). The number of nitrogens with zero attached hydrogens (tertiary/aromatic N) is 4. The van der Waals surface area contributed by atoms with Crippen molar-refractivity contribution in [3.05, 3.63) is 69.4 Å². The molecule has 0 saturated heterocycles. The van der Waals surface area contributed by atoms with Gasteiger partial charge in [-0.15, -0.1) is 0 Å². The summed E-state index contributed by atoms with van der Waals surface area (Å²) in [6, 6.07) is 6.45. The quantitative estimate of drug-likeness (QED) is 0.309. The summed E-state index contributed by atoms with van der Waals surface area (Å²) in [5.41, 5.74) is 1.35. The molecule has 134 valence electrons. The molecule has 0 aliphatic carbocycles. The van der Waals surface area contributed by atoms with Gasteiger partial charge >= 0.3 is 11.7 Å². The summed E-state index contributed by atoms with van der Waals surface area (Å²) in [6.07, 6.45) is 1.31. The SMILES string of the molecule is Cc1ccc(C)n1-c1c(C(=O)Oc2cc(F)ccc2[N+](=O)[O-])cnn1C. The number of hydrogen-bond acceptors (Lipinski definition) is 5. The van der Waals surface area contributed by atoms with Crippen molar-refractivity contribution in [3.63, 3.8) is 0 Å². The molecule has 0 bridgehead atoms. The third-order valence-electron chi connectivity index (χ3n) is 3.93. The molecule has 0 aliphatic rings. The third kappa shape index (κ3) is 2.94. The monoisotopic (exact) mass is 358 g/mol. The smallest absolute Gasteiger partial charge is 0.349 e. The predicted octanol–water partition coefficient (Wildman–Crippen LogP) is 3.09. The van der Waals surface area contributed by atoms with Crippen molar-refractivity contribution in [1.82, 2.24) is 14.3 Å². The Hall–Kier alpha value is -3.49. The molecule has 0 amide bonds. The molecule has 2 heterocycles. The van der Waals surface area contributed by atoms with Gasteiger partial charge in [-0.05, 0) is 32.0 Å². The number of carbonyl (C=O) groups is 1. The maximum absolute atomic E-state index is 13.4. The van der Waals surface area contributed by atoms with Crippen LogP contribution < -0.4 is 4.74 Å². The fourth-order valence-electron chi connectivity index (χ4n) is 2.72. The van der Waals surface area contributed by atoms with Crippen LogP contribution >= 0.6 is 0 Å². The average molecular weight is 358 g/mol. The van der Waals surface area contributed by atoms with Crippen LogP contribution in [-0.2, 0) is 7.05 Å². The van der Waals surface area contributed by atoms with Crippen LogP contribution in [0.15, 0.2) is 36.5 Å². The number of ether oxygens (including phenoxy) is 1. The highest BCUT2D eigenvalue weighted by atomic mass is 19.1. The zero-order valence-corrected chi connectivity index (χ0v) is 14.3. The number of aromatic nitrogens is 3. The number of carbonyl (C=O) groups excluding carboxylic acids is 1. The second-order valence-corrected chi connectivity index (χ2v) is 5.72. The Morgan fingerprint density at radius 2 is 1.88 bits per heavy atom. The maximum Gasteiger partial charge on any atom is 0.349 e. The zero-order chi connectivity index (χ0) is 19.0. The normalized spacial score (nSPS) is 10.8. The van der Waals surface area contributed by atoms with E-state index in [1.54, 1.807) is 7.05 Å². The molecular formula is C17H15FN4O4. The Bertz CT molecular complexity index is 1000. The predicted molar refractivity (Wildman–Crippen MR) is 90.0 cm³/mol. The van der Waals surface area contributed by atoms with E-state index in [9.17, 15) is 19.3 Å². The van der Waals surface area contributed by atoms with Gasteiger partial charge in [0.15, 0.2) is 0 Å². The molecule has 0 atom stereocenters. The van der Waals surface area contributed by atoms with E-state index in [2.05, 4.69) is 5.10 Å². The largest absolute Gasteiger partial charge is 0.415 e. The molecule has 8 nitrogen and oxygen atoms in total. The minimum absolute atomic E-state index is 0.105. The van der Waals surface area contributed by atoms with E-state index in [-0.39, 0.29) is 5.56 Å². The van der Waals surface area contributed by atoms with Crippen LogP contribution in [0.3, 0.4) is 0 Å². The van der Waals surface area contributed by atoms with Gasteiger partial charge < -0.3 is 9.30 Å². The highest BCUT2D eigenvalue weighted by Crippen LogP contribution is 2.29. The first-order chi connectivity index (χ1) is 12.3. The minimum Gasteiger partial charge on any atom is -0.415 e. The highest BCUT2D eigenvalue weighted by Gasteiger charge is 2.25. The number of rotatable bonds is 4. The van der Waals surface area contributed by atoms with Crippen LogP contribution in [0, 0.1) is 29.8 Å². The van der Waals surface area contributed by atoms with Gasteiger partial charge in [0.05, 0.1) is 11.1 Å². The van der Waals surface area contributed by atoms with Crippen LogP contribution in [-0.4, -0.2) is 25.2 Å². The lowest BCUT2D eigenvalue weighted by Gasteiger charge is -2.12. The Morgan fingerprint density at radius 3 is 2.50 bits per heavy atom. The van der Waals surface area contributed by atoms with E-state index >= 15 is 0 Å². The van der Waals surface area contributed by atoms with Crippen LogP contribution in [0.25, 0.3) is 5.82 Å². The molecule has 0 fully saturated rings. The molecule has 2 aromatic heterocycles. The van der Waals surface area contributed by atoms with Gasteiger partial charge in [0, 0.05) is 30.6 Å². The first kappa shape index (κ1) is 17.3. The molecule has 0 spiro atoms. The topological polar surface area (TPSA) is 92.2 Å². The summed E-state index contributed by atoms with van der Waals surface area (Å²) < 4.78 is 21.9. The Kier molecular flexibility index (Phi) is 4.29. The summed E-state index contributed by atoms with van der Waals surface area (Å²) in [5, 5.41) is 15.1. The summed E-state index contributed by atoms with van der Waals surface area (Å²) in [4.78, 5) is 22.9. The number of hydrogen-bond donors (Lipinski definition) is 0. The van der Waals surface area contributed by atoms with Crippen molar-refractivity contribution >= 4 is 11.7 Å². The average Bonchev–Trinajstić information content (AvgIpc) is 3.09. The van der Waals surface area contributed by atoms with E-state index in [0.29, 0.717) is 5.82 Å². The van der Waals surface area contributed by atoms with Crippen LogP contribution in [0.5, 0.6) is 5.75 Å². The Morgan fingerprint density at radius 1 is 1.23 bits per heavy atom. The molecule has 1 aromatic carbocycles.